The first-order valence-corrected chi connectivity index (χ1v) is 17.1. The molecule has 14 heteroatoms. The van der Waals surface area contributed by atoms with E-state index in [-0.39, 0.29) is 53.9 Å². The summed E-state index contributed by atoms with van der Waals surface area (Å²) >= 11 is 0. The molecule has 0 radical (unpaired) electrons. The molecule has 1 aliphatic rings. The number of halogens is 2. The second kappa shape index (κ2) is 15.4. The van der Waals surface area contributed by atoms with Gasteiger partial charge in [0, 0.05) is 36.4 Å². The fourth-order valence-electron chi connectivity index (χ4n) is 6.14. The van der Waals surface area contributed by atoms with E-state index in [9.17, 15) is 14.0 Å². The maximum atomic E-state index is 16.6. The summed E-state index contributed by atoms with van der Waals surface area (Å²) in [5.74, 6) is -0.933. The topological polar surface area (TPSA) is 135 Å². The van der Waals surface area contributed by atoms with Crippen molar-refractivity contribution in [3.8, 4) is 17.0 Å². The molecule has 3 aromatic carbocycles. The average molecular weight is 719 g/mol. The van der Waals surface area contributed by atoms with Crippen molar-refractivity contribution in [1.82, 2.24) is 24.9 Å². The smallest absolute Gasteiger partial charge is 0.411 e. The molecule has 6 aromatic rings. The number of rotatable bonds is 8. The first kappa shape index (κ1) is 34.9. The maximum absolute atomic E-state index is 16.6. The second-order valence-electron chi connectivity index (χ2n) is 12.4. The Kier molecular flexibility index (Phi) is 10.1. The van der Waals surface area contributed by atoms with Gasteiger partial charge in [0.25, 0.3) is 5.91 Å². The minimum absolute atomic E-state index is 0.0191. The lowest BCUT2D eigenvalue weighted by molar-refractivity contribution is 0.0932. The highest BCUT2D eigenvalue weighted by molar-refractivity contribution is 6.01. The third kappa shape index (κ3) is 7.71. The van der Waals surface area contributed by atoms with Crippen molar-refractivity contribution in [2.45, 2.75) is 39.6 Å². The summed E-state index contributed by atoms with van der Waals surface area (Å²) in [6, 6.07) is 25.1. The number of fused-ring (bicyclic) bond motifs is 2. The van der Waals surface area contributed by atoms with Crippen LogP contribution < -0.4 is 25.6 Å². The third-order valence-electron chi connectivity index (χ3n) is 8.56. The quantitative estimate of drug-likeness (QED) is 0.153. The number of nitrogens with one attached hydrogen (secondary N) is 3. The summed E-state index contributed by atoms with van der Waals surface area (Å²) < 4.78 is 43.8. The molecule has 2 bridgehead atoms. The summed E-state index contributed by atoms with van der Waals surface area (Å²) in [5.41, 5.74) is 3.29. The minimum Gasteiger partial charge on any atom is -0.473 e. The Morgan fingerprint density at radius 2 is 1.70 bits per heavy atom. The van der Waals surface area contributed by atoms with Crippen molar-refractivity contribution in [1.29, 1.82) is 0 Å². The van der Waals surface area contributed by atoms with Crippen LogP contribution in [0, 0.1) is 11.6 Å². The second-order valence-corrected chi connectivity index (χ2v) is 12.4. The number of amides is 2. The zero-order valence-electron chi connectivity index (χ0n) is 29.0. The molecule has 4 heterocycles. The van der Waals surface area contributed by atoms with Crippen molar-refractivity contribution in [3.05, 3.63) is 131 Å². The van der Waals surface area contributed by atoms with Crippen molar-refractivity contribution >= 4 is 35.0 Å². The van der Waals surface area contributed by atoms with E-state index in [1.165, 1.54) is 24.4 Å². The van der Waals surface area contributed by atoms with Gasteiger partial charge in [0.05, 0.1) is 31.1 Å². The normalized spacial score (nSPS) is 14.1. The molecule has 3 aromatic heterocycles. The number of hydrogen-bond donors (Lipinski definition) is 3. The number of hydrogen-bond acceptors (Lipinski definition) is 9. The Balaban J connectivity index is 1.49. The van der Waals surface area contributed by atoms with E-state index < -0.39 is 29.7 Å². The van der Waals surface area contributed by atoms with Crippen LogP contribution in [0.5, 0.6) is 5.88 Å². The molecule has 2 amide bonds. The van der Waals surface area contributed by atoms with Crippen LogP contribution in [0.4, 0.5) is 30.9 Å². The van der Waals surface area contributed by atoms with Gasteiger partial charge in [-0.1, -0.05) is 60.7 Å². The van der Waals surface area contributed by atoms with Crippen molar-refractivity contribution in [3.63, 3.8) is 0 Å². The highest BCUT2D eigenvalue weighted by atomic mass is 19.1. The molecule has 1 atom stereocenters. The van der Waals surface area contributed by atoms with Gasteiger partial charge in [-0.25, -0.2) is 23.5 Å². The van der Waals surface area contributed by atoms with E-state index in [1.54, 1.807) is 24.4 Å². The molecule has 3 N–H and O–H groups in total. The van der Waals surface area contributed by atoms with Crippen LogP contribution in [0.2, 0.25) is 0 Å². The summed E-state index contributed by atoms with van der Waals surface area (Å²) in [5, 5.41) is 13.4. The fourth-order valence-corrected chi connectivity index (χ4v) is 6.14. The lowest BCUT2D eigenvalue weighted by Gasteiger charge is -2.29. The van der Waals surface area contributed by atoms with Crippen LogP contribution in [0.3, 0.4) is 0 Å². The molecule has 270 valence electrons. The first-order chi connectivity index (χ1) is 25.8. The van der Waals surface area contributed by atoms with Crippen molar-refractivity contribution < 1.29 is 27.8 Å². The largest absolute Gasteiger partial charge is 0.473 e. The molecule has 0 fully saturated rings. The highest BCUT2D eigenvalue weighted by Gasteiger charge is 2.29. The Bertz CT molecular complexity index is 2230. The van der Waals surface area contributed by atoms with Gasteiger partial charge in [-0.3, -0.25) is 10.1 Å². The monoisotopic (exact) mass is 718 g/mol. The molecule has 0 aliphatic carbocycles. The zero-order valence-corrected chi connectivity index (χ0v) is 29.0. The van der Waals surface area contributed by atoms with E-state index in [1.807, 2.05) is 65.6 Å². The van der Waals surface area contributed by atoms with E-state index in [2.05, 4.69) is 26.0 Å². The minimum atomic E-state index is -0.724. The molecule has 53 heavy (non-hydrogen) atoms. The summed E-state index contributed by atoms with van der Waals surface area (Å²) in [6.07, 6.45) is 1.24. The SMILES string of the molecule is CCOC(=O)Nc1ccc(-c2c3nc4c(cnn4c2N(Cc2ccccc2)Cc2ccccc2)C(=O)NC[C@H](C)Oc2ncc(F)cc2CN3)c(F)c1. The third-order valence-corrected chi connectivity index (χ3v) is 8.56. The standard InChI is InChI=1S/C39H36F2N8O4/c1-3-52-39(51)46-29-14-15-30(32(41)17-29)33-34-42-19-27-16-28(40)20-44-37(27)53-24(2)18-43-36(50)31-21-45-49(35(31)47-34)38(33)48(22-25-10-6-4-7-11-25)23-26-12-8-5-9-13-26/h4-17,20-21,24H,3,18-19,22-23H2,1-2H3,(H,42,47)(H,43,50)(H,46,51)/t24-/m0/s1. The Labute approximate surface area is 303 Å². The van der Waals surface area contributed by atoms with Crippen molar-refractivity contribution in [2.24, 2.45) is 0 Å². The van der Waals surface area contributed by atoms with Gasteiger partial charge in [-0.2, -0.15) is 9.61 Å². The molecular weight excluding hydrogens is 682 g/mol. The number of aromatic nitrogens is 4. The maximum Gasteiger partial charge on any atom is 0.411 e. The van der Waals surface area contributed by atoms with Crippen molar-refractivity contribution in [2.75, 3.05) is 28.7 Å². The van der Waals surface area contributed by atoms with Gasteiger partial charge in [-0.15, -0.1) is 0 Å². The molecule has 0 unspecified atom stereocenters. The van der Waals surface area contributed by atoms with Crippen LogP contribution in [0.15, 0.2) is 97.3 Å². The van der Waals surface area contributed by atoms with Gasteiger partial charge in [0.1, 0.15) is 34.9 Å². The van der Waals surface area contributed by atoms with Gasteiger partial charge in [0.2, 0.25) is 5.88 Å². The zero-order chi connectivity index (χ0) is 36.9. The van der Waals surface area contributed by atoms with Crippen LogP contribution in [-0.4, -0.2) is 50.8 Å². The predicted octanol–water partition coefficient (Wildman–Crippen LogP) is 6.97. The van der Waals surface area contributed by atoms with Gasteiger partial charge >= 0.3 is 6.09 Å². The van der Waals surface area contributed by atoms with E-state index >= 15 is 4.39 Å². The van der Waals surface area contributed by atoms with E-state index in [0.29, 0.717) is 30.0 Å². The first-order valence-electron chi connectivity index (χ1n) is 17.1. The van der Waals surface area contributed by atoms with Crippen LogP contribution in [0.1, 0.15) is 40.9 Å². The van der Waals surface area contributed by atoms with Crippen LogP contribution >= 0.6 is 0 Å². The summed E-state index contributed by atoms with van der Waals surface area (Å²) in [4.78, 5) is 37.0. The fraction of sp³-hybridized carbons (Fsp3) is 0.205. The highest BCUT2D eigenvalue weighted by Crippen LogP contribution is 2.41. The number of benzene rings is 3. The molecule has 0 spiro atoms. The van der Waals surface area contributed by atoms with E-state index in [0.717, 1.165) is 17.3 Å². The van der Waals surface area contributed by atoms with Crippen LogP contribution in [-0.2, 0) is 24.4 Å². The summed E-state index contributed by atoms with van der Waals surface area (Å²) in [7, 11) is 0. The molecule has 12 nitrogen and oxygen atoms in total. The average Bonchev–Trinajstić information content (AvgIpc) is 3.58. The van der Waals surface area contributed by atoms with E-state index in [4.69, 9.17) is 14.5 Å². The molecule has 0 saturated carbocycles. The number of ether oxygens (including phenoxy) is 2. The molecule has 7 rings (SSSR count). The van der Waals surface area contributed by atoms with Gasteiger partial charge in [0.15, 0.2) is 5.65 Å². The van der Waals surface area contributed by atoms with Gasteiger partial charge < -0.3 is 25.0 Å². The van der Waals surface area contributed by atoms with Gasteiger partial charge in [-0.05, 0) is 49.2 Å². The van der Waals surface area contributed by atoms with Crippen LogP contribution in [0.25, 0.3) is 16.8 Å². The molecular formula is C39H36F2N8O4. The predicted molar refractivity (Wildman–Crippen MR) is 196 cm³/mol. The number of anilines is 3. The Morgan fingerprint density at radius 1 is 0.981 bits per heavy atom. The lowest BCUT2D eigenvalue weighted by Crippen LogP contribution is -2.34. The molecule has 0 saturated heterocycles. The molecule has 1 aliphatic heterocycles. The summed E-state index contributed by atoms with van der Waals surface area (Å²) in [6.45, 7) is 4.39. The lowest BCUT2D eigenvalue weighted by atomic mass is 10.0. The Morgan fingerprint density at radius 3 is 2.38 bits per heavy atom. The number of pyridine rings is 1. The number of nitrogens with zero attached hydrogens (tertiary/aromatic N) is 5. The number of carbonyl (C=O) groups is 2. The number of carbonyl (C=O) groups excluding carboxylic acids is 2. The Hall–Kier alpha value is -6.57.